The predicted molar refractivity (Wildman–Crippen MR) is 116 cm³/mol. The van der Waals surface area contributed by atoms with E-state index in [0.717, 1.165) is 16.9 Å². The van der Waals surface area contributed by atoms with Crippen molar-refractivity contribution >= 4 is 23.7 Å². The molecule has 10 heteroatoms. The highest BCUT2D eigenvalue weighted by Gasteiger charge is 2.36. The molecular weight excluding hydrogens is 412 g/mol. The smallest absolute Gasteiger partial charge is 0.405 e. The fourth-order valence-corrected chi connectivity index (χ4v) is 4.00. The Morgan fingerprint density at radius 2 is 2.16 bits per heavy atom. The molecule has 0 unspecified atom stereocenters. The Bertz CT molecular complexity index is 1190. The monoisotopic (exact) mass is 434 g/mol. The highest BCUT2D eigenvalue weighted by atomic mass is 16.5. The number of piperidine rings is 1. The Balaban J connectivity index is 1.60. The summed E-state index contributed by atoms with van der Waals surface area (Å²) >= 11 is 0. The second kappa shape index (κ2) is 8.55. The molecule has 1 aliphatic rings. The lowest BCUT2D eigenvalue weighted by molar-refractivity contribution is -0.113. The van der Waals surface area contributed by atoms with Crippen LogP contribution in [0.1, 0.15) is 25.3 Å². The van der Waals surface area contributed by atoms with Crippen LogP contribution in [0.15, 0.2) is 36.8 Å². The van der Waals surface area contributed by atoms with Crippen molar-refractivity contribution in [1.82, 2.24) is 19.9 Å². The summed E-state index contributed by atoms with van der Waals surface area (Å²) in [6, 6.07) is 7.83. The maximum absolute atomic E-state index is 11.5. The SMILES string of the molecule is CCOc1cc(-c2ccc(N3CCC(C=O)(NC(=O)O)CC3)nc2)c2c(C#N)cnn2c1. The zero-order valence-corrected chi connectivity index (χ0v) is 17.5. The van der Waals surface area contributed by atoms with Crippen molar-refractivity contribution in [3.8, 4) is 22.9 Å². The van der Waals surface area contributed by atoms with Gasteiger partial charge in [0.25, 0.3) is 0 Å². The van der Waals surface area contributed by atoms with E-state index in [1.807, 2.05) is 30.0 Å². The number of anilines is 1. The highest BCUT2D eigenvalue weighted by molar-refractivity contribution is 5.85. The number of rotatable bonds is 6. The molecule has 32 heavy (non-hydrogen) atoms. The van der Waals surface area contributed by atoms with Gasteiger partial charge in [0.05, 0.1) is 30.1 Å². The number of ether oxygens (including phenoxy) is 1. The average molecular weight is 434 g/mol. The zero-order valence-electron chi connectivity index (χ0n) is 17.5. The topological polar surface area (TPSA) is 133 Å². The molecule has 3 aromatic rings. The molecular formula is C22H22N6O4. The number of aldehydes is 1. The molecule has 4 rings (SSSR count). The summed E-state index contributed by atoms with van der Waals surface area (Å²) in [6.45, 7) is 3.39. The number of amides is 1. The number of hydrogen-bond acceptors (Lipinski definition) is 7. The number of carboxylic acid groups (broad SMARTS) is 1. The minimum Gasteiger partial charge on any atom is -0.492 e. The third kappa shape index (κ3) is 3.92. The summed E-state index contributed by atoms with van der Waals surface area (Å²) in [5, 5.41) is 25.1. The van der Waals surface area contributed by atoms with Gasteiger partial charge in [0.1, 0.15) is 29.5 Å². The lowest BCUT2D eigenvalue weighted by Crippen LogP contribution is -2.56. The normalized spacial score (nSPS) is 15.2. The lowest BCUT2D eigenvalue weighted by atomic mass is 9.89. The van der Waals surface area contributed by atoms with Gasteiger partial charge in [0.15, 0.2) is 0 Å². The van der Waals surface area contributed by atoms with E-state index in [0.29, 0.717) is 55.7 Å². The van der Waals surface area contributed by atoms with Gasteiger partial charge in [-0.3, -0.25) is 0 Å². The number of fused-ring (bicyclic) bond motifs is 1. The number of nitrogens with zero attached hydrogens (tertiary/aromatic N) is 5. The molecule has 1 aliphatic heterocycles. The van der Waals surface area contributed by atoms with Crippen LogP contribution in [0.25, 0.3) is 16.6 Å². The Morgan fingerprint density at radius 3 is 2.75 bits per heavy atom. The van der Waals surface area contributed by atoms with E-state index in [9.17, 15) is 14.9 Å². The van der Waals surface area contributed by atoms with E-state index < -0.39 is 11.6 Å². The first-order valence-corrected chi connectivity index (χ1v) is 10.2. The van der Waals surface area contributed by atoms with Crippen molar-refractivity contribution in [2.45, 2.75) is 25.3 Å². The van der Waals surface area contributed by atoms with Crippen LogP contribution in [0.5, 0.6) is 5.75 Å². The number of hydrogen-bond donors (Lipinski definition) is 2. The quantitative estimate of drug-likeness (QED) is 0.565. The van der Waals surface area contributed by atoms with Crippen LogP contribution < -0.4 is 15.0 Å². The van der Waals surface area contributed by atoms with Crippen LogP contribution in [-0.4, -0.2) is 57.3 Å². The van der Waals surface area contributed by atoms with E-state index in [1.54, 1.807) is 16.9 Å². The molecule has 4 heterocycles. The van der Waals surface area contributed by atoms with Gasteiger partial charge in [-0.25, -0.2) is 14.3 Å². The van der Waals surface area contributed by atoms with Gasteiger partial charge in [0.2, 0.25) is 0 Å². The first kappa shape index (κ1) is 21.1. The molecule has 0 spiro atoms. The first-order chi connectivity index (χ1) is 15.5. The number of nitrogens with one attached hydrogen (secondary N) is 1. The molecule has 0 radical (unpaired) electrons. The highest BCUT2D eigenvalue weighted by Crippen LogP contribution is 2.32. The van der Waals surface area contributed by atoms with Crippen molar-refractivity contribution in [3.63, 3.8) is 0 Å². The van der Waals surface area contributed by atoms with Gasteiger partial charge >= 0.3 is 6.09 Å². The molecule has 2 N–H and O–H groups in total. The second-order valence-corrected chi connectivity index (χ2v) is 7.58. The molecule has 0 aromatic carbocycles. The lowest BCUT2D eigenvalue weighted by Gasteiger charge is -2.38. The Labute approximate surface area is 184 Å². The van der Waals surface area contributed by atoms with Crippen molar-refractivity contribution < 1.29 is 19.4 Å². The molecule has 0 aliphatic carbocycles. The average Bonchev–Trinajstić information content (AvgIpc) is 3.22. The van der Waals surface area contributed by atoms with Crippen LogP contribution in [-0.2, 0) is 4.79 Å². The predicted octanol–water partition coefficient (Wildman–Crippen LogP) is 2.47. The molecule has 0 atom stereocenters. The number of pyridine rings is 2. The minimum absolute atomic E-state index is 0.366. The van der Waals surface area contributed by atoms with Crippen molar-refractivity contribution in [2.24, 2.45) is 0 Å². The number of carbonyl (C=O) groups is 2. The van der Waals surface area contributed by atoms with Gasteiger partial charge in [0, 0.05) is 30.4 Å². The Kier molecular flexibility index (Phi) is 5.64. The summed E-state index contributed by atoms with van der Waals surface area (Å²) in [5.74, 6) is 1.37. The molecule has 1 amide bonds. The maximum Gasteiger partial charge on any atom is 0.405 e. The second-order valence-electron chi connectivity index (χ2n) is 7.58. The Hall–Kier alpha value is -4.13. The standard InChI is InChI=1S/C22H22N6O4/c1-2-32-17-9-18(20-16(10-23)12-25-28(20)13-17)15-3-4-19(24-11-15)27-7-5-22(14-29,6-8-27)26-21(30)31/h3-4,9,11-14,26H,2,5-8H2,1H3,(H,30,31). The summed E-state index contributed by atoms with van der Waals surface area (Å²) in [5.41, 5.74) is 1.68. The van der Waals surface area contributed by atoms with Crippen LogP contribution in [0.3, 0.4) is 0 Å². The van der Waals surface area contributed by atoms with Gasteiger partial charge in [-0.1, -0.05) is 0 Å². The molecule has 0 bridgehead atoms. The van der Waals surface area contributed by atoms with E-state index in [2.05, 4.69) is 21.5 Å². The number of aromatic nitrogens is 3. The minimum atomic E-state index is -1.20. The summed E-state index contributed by atoms with van der Waals surface area (Å²) < 4.78 is 7.28. The Morgan fingerprint density at radius 1 is 1.38 bits per heavy atom. The van der Waals surface area contributed by atoms with Crippen molar-refractivity contribution in [2.75, 3.05) is 24.6 Å². The van der Waals surface area contributed by atoms with Crippen LogP contribution in [0.2, 0.25) is 0 Å². The van der Waals surface area contributed by atoms with Gasteiger partial charge in [-0.15, -0.1) is 0 Å². The maximum atomic E-state index is 11.5. The first-order valence-electron chi connectivity index (χ1n) is 10.2. The molecule has 10 nitrogen and oxygen atoms in total. The number of carbonyl (C=O) groups excluding carboxylic acids is 1. The van der Waals surface area contributed by atoms with E-state index in [1.165, 1.54) is 6.20 Å². The number of nitriles is 1. The molecule has 1 fully saturated rings. The molecule has 0 saturated carbocycles. The van der Waals surface area contributed by atoms with Gasteiger partial charge in [-0.2, -0.15) is 10.4 Å². The molecule has 164 valence electrons. The van der Waals surface area contributed by atoms with Crippen molar-refractivity contribution in [1.29, 1.82) is 5.26 Å². The largest absolute Gasteiger partial charge is 0.492 e. The van der Waals surface area contributed by atoms with E-state index in [4.69, 9.17) is 9.84 Å². The van der Waals surface area contributed by atoms with Gasteiger partial charge in [-0.05, 0) is 38.0 Å². The fraction of sp³-hybridized carbons (Fsp3) is 0.318. The summed E-state index contributed by atoms with van der Waals surface area (Å²) in [6.07, 6.45) is 5.20. The summed E-state index contributed by atoms with van der Waals surface area (Å²) in [7, 11) is 0. The van der Waals surface area contributed by atoms with Crippen LogP contribution in [0.4, 0.5) is 10.6 Å². The van der Waals surface area contributed by atoms with E-state index in [-0.39, 0.29) is 0 Å². The van der Waals surface area contributed by atoms with Crippen molar-refractivity contribution in [3.05, 3.63) is 42.4 Å². The van der Waals surface area contributed by atoms with Crippen LogP contribution in [0, 0.1) is 11.3 Å². The third-order valence-corrected chi connectivity index (χ3v) is 5.64. The van der Waals surface area contributed by atoms with E-state index >= 15 is 0 Å². The molecule has 3 aromatic heterocycles. The van der Waals surface area contributed by atoms with Crippen LogP contribution >= 0.6 is 0 Å². The fourth-order valence-electron chi connectivity index (χ4n) is 4.00. The third-order valence-electron chi connectivity index (χ3n) is 5.64. The molecule has 1 saturated heterocycles. The summed E-state index contributed by atoms with van der Waals surface area (Å²) in [4.78, 5) is 29.1. The zero-order chi connectivity index (χ0) is 22.7. The van der Waals surface area contributed by atoms with Gasteiger partial charge < -0.3 is 24.9 Å².